The highest BCUT2D eigenvalue weighted by molar-refractivity contribution is 5.80. The number of carbonyl (C=O) groups is 1. The van der Waals surface area contributed by atoms with Crippen molar-refractivity contribution in [2.24, 2.45) is 0 Å². The molecule has 1 amide bonds. The fourth-order valence-corrected chi connectivity index (χ4v) is 3.00. The van der Waals surface area contributed by atoms with E-state index in [2.05, 4.69) is 35.5 Å². The Morgan fingerprint density at radius 2 is 1.95 bits per heavy atom. The van der Waals surface area contributed by atoms with E-state index in [0.29, 0.717) is 6.04 Å². The van der Waals surface area contributed by atoms with E-state index in [1.54, 1.807) is 4.68 Å². The highest BCUT2D eigenvalue weighted by Crippen LogP contribution is 2.18. The fraction of sp³-hybridized carbons (Fsp3) is 0.562. The minimum atomic E-state index is 0.0342. The molecule has 1 N–H and O–H groups in total. The van der Waals surface area contributed by atoms with E-state index >= 15 is 0 Å². The van der Waals surface area contributed by atoms with Crippen LogP contribution in [-0.4, -0.2) is 26.9 Å². The molecule has 1 aliphatic rings. The average molecular weight is 286 g/mol. The van der Waals surface area contributed by atoms with E-state index in [1.807, 2.05) is 6.07 Å². The Bertz CT molecular complexity index is 656. The SMILES string of the molecule is Cc1cc2nnn(CC(=O)NC3CCCCC3)c2cc1C. The molecule has 0 saturated heterocycles. The third-order valence-corrected chi connectivity index (χ3v) is 4.39. The lowest BCUT2D eigenvalue weighted by Gasteiger charge is -2.22. The Morgan fingerprint density at radius 3 is 2.71 bits per heavy atom. The van der Waals surface area contributed by atoms with Gasteiger partial charge in [0.2, 0.25) is 5.91 Å². The molecule has 1 aliphatic carbocycles. The van der Waals surface area contributed by atoms with E-state index in [4.69, 9.17) is 0 Å². The molecule has 0 aliphatic heterocycles. The molecule has 5 heteroatoms. The van der Waals surface area contributed by atoms with Gasteiger partial charge in [0.1, 0.15) is 12.1 Å². The lowest BCUT2D eigenvalue weighted by atomic mass is 9.95. The second-order valence-electron chi connectivity index (χ2n) is 6.07. The van der Waals surface area contributed by atoms with Crippen LogP contribution in [-0.2, 0) is 11.3 Å². The van der Waals surface area contributed by atoms with Crippen molar-refractivity contribution in [1.29, 1.82) is 0 Å². The van der Waals surface area contributed by atoms with Crippen LogP contribution in [0.4, 0.5) is 0 Å². The van der Waals surface area contributed by atoms with Gasteiger partial charge in [-0.2, -0.15) is 0 Å². The summed E-state index contributed by atoms with van der Waals surface area (Å²) in [6.07, 6.45) is 5.92. The van der Waals surface area contributed by atoms with Gasteiger partial charge >= 0.3 is 0 Å². The first-order valence-electron chi connectivity index (χ1n) is 7.73. The van der Waals surface area contributed by atoms with Crippen LogP contribution in [0, 0.1) is 13.8 Å². The van der Waals surface area contributed by atoms with Gasteiger partial charge in [-0.25, -0.2) is 4.68 Å². The van der Waals surface area contributed by atoms with Gasteiger partial charge in [-0.15, -0.1) is 5.10 Å². The number of hydrogen-bond donors (Lipinski definition) is 1. The van der Waals surface area contributed by atoms with Crippen molar-refractivity contribution in [2.45, 2.75) is 58.5 Å². The molecule has 21 heavy (non-hydrogen) atoms. The summed E-state index contributed by atoms with van der Waals surface area (Å²) in [6.45, 7) is 4.37. The quantitative estimate of drug-likeness (QED) is 0.943. The molecule has 112 valence electrons. The van der Waals surface area contributed by atoms with Crippen molar-refractivity contribution in [3.05, 3.63) is 23.3 Å². The van der Waals surface area contributed by atoms with Crippen molar-refractivity contribution in [3.8, 4) is 0 Å². The number of fused-ring (bicyclic) bond motifs is 1. The van der Waals surface area contributed by atoms with Crippen LogP contribution in [0.5, 0.6) is 0 Å². The first kappa shape index (κ1) is 14.0. The normalized spacial score (nSPS) is 16.3. The van der Waals surface area contributed by atoms with E-state index in [1.165, 1.54) is 30.4 Å². The highest BCUT2D eigenvalue weighted by Gasteiger charge is 2.17. The number of benzene rings is 1. The summed E-state index contributed by atoms with van der Waals surface area (Å²) < 4.78 is 1.69. The van der Waals surface area contributed by atoms with Crippen LogP contribution in [0.3, 0.4) is 0 Å². The molecule has 0 spiro atoms. The van der Waals surface area contributed by atoms with Gasteiger partial charge < -0.3 is 5.32 Å². The predicted octanol–water partition coefficient (Wildman–Crippen LogP) is 2.50. The molecule has 1 fully saturated rings. The summed E-state index contributed by atoms with van der Waals surface area (Å²) in [7, 11) is 0. The standard InChI is InChI=1S/C16H22N4O/c1-11-8-14-15(9-12(11)2)20(19-18-14)10-16(21)17-13-6-4-3-5-7-13/h8-9,13H,3-7,10H2,1-2H3,(H,17,21). The number of nitrogens with one attached hydrogen (secondary N) is 1. The fourth-order valence-electron chi connectivity index (χ4n) is 3.00. The summed E-state index contributed by atoms with van der Waals surface area (Å²) in [6, 6.07) is 4.41. The number of amides is 1. The Labute approximate surface area is 124 Å². The Kier molecular flexibility index (Phi) is 3.90. The molecule has 2 aromatic rings. The number of rotatable bonds is 3. The molecular weight excluding hydrogens is 264 g/mol. The molecule has 0 bridgehead atoms. The second-order valence-corrected chi connectivity index (χ2v) is 6.07. The van der Waals surface area contributed by atoms with E-state index < -0.39 is 0 Å². The van der Waals surface area contributed by atoms with Crippen molar-refractivity contribution < 1.29 is 4.79 Å². The predicted molar refractivity (Wildman–Crippen MR) is 82.0 cm³/mol. The van der Waals surface area contributed by atoms with Crippen LogP contribution in [0.2, 0.25) is 0 Å². The zero-order chi connectivity index (χ0) is 14.8. The smallest absolute Gasteiger partial charge is 0.242 e. The van der Waals surface area contributed by atoms with E-state index in [9.17, 15) is 4.79 Å². The Morgan fingerprint density at radius 1 is 1.24 bits per heavy atom. The maximum Gasteiger partial charge on any atom is 0.242 e. The molecule has 3 rings (SSSR count). The highest BCUT2D eigenvalue weighted by atomic mass is 16.2. The van der Waals surface area contributed by atoms with E-state index in [-0.39, 0.29) is 12.5 Å². The summed E-state index contributed by atoms with van der Waals surface area (Å²) in [4.78, 5) is 12.2. The van der Waals surface area contributed by atoms with Crippen molar-refractivity contribution in [2.75, 3.05) is 0 Å². The van der Waals surface area contributed by atoms with Crippen LogP contribution in [0.25, 0.3) is 11.0 Å². The molecule has 1 aromatic carbocycles. The monoisotopic (exact) mass is 286 g/mol. The first-order valence-corrected chi connectivity index (χ1v) is 7.73. The number of hydrogen-bond acceptors (Lipinski definition) is 3. The van der Waals surface area contributed by atoms with Crippen molar-refractivity contribution in [3.63, 3.8) is 0 Å². The molecule has 0 unspecified atom stereocenters. The maximum atomic E-state index is 12.2. The molecule has 0 atom stereocenters. The summed E-state index contributed by atoms with van der Waals surface area (Å²) in [5.74, 6) is 0.0342. The van der Waals surface area contributed by atoms with Crippen molar-refractivity contribution in [1.82, 2.24) is 20.3 Å². The van der Waals surface area contributed by atoms with Crippen LogP contribution in [0.15, 0.2) is 12.1 Å². The van der Waals surface area contributed by atoms with Crippen molar-refractivity contribution >= 4 is 16.9 Å². The number of carbonyl (C=O) groups excluding carboxylic acids is 1. The number of nitrogens with zero attached hydrogens (tertiary/aromatic N) is 3. The largest absolute Gasteiger partial charge is 0.352 e. The minimum Gasteiger partial charge on any atom is -0.352 e. The van der Waals surface area contributed by atoms with Gasteiger partial charge in [0, 0.05) is 6.04 Å². The molecule has 0 radical (unpaired) electrons. The topological polar surface area (TPSA) is 59.8 Å². The Balaban J connectivity index is 1.72. The van der Waals surface area contributed by atoms with Crippen LogP contribution >= 0.6 is 0 Å². The van der Waals surface area contributed by atoms with Crippen LogP contribution < -0.4 is 5.32 Å². The molecular formula is C16H22N4O. The third kappa shape index (κ3) is 3.06. The van der Waals surface area contributed by atoms with Crippen LogP contribution in [0.1, 0.15) is 43.2 Å². The lowest BCUT2D eigenvalue weighted by molar-refractivity contribution is -0.122. The number of aromatic nitrogens is 3. The zero-order valence-corrected chi connectivity index (χ0v) is 12.7. The van der Waals surface area contributed by atoms with Gasteiger partial charge in [0.15, 0.2) is 0 Å². The second kappa shape index (κ2) is 5.84. The van der Waals surface area contributed by atoms with E-state index in [0.717, 1.165) is 23.9 Å². The van der Waals surface area contributed by atoms with Gasteiger partial charge in [0.25, 0.3) is 0 Å². The van der Waals surface area contributed by atoms with Gasteiger partial charge in [-0.05, 0) is 49.9 Å². The average Bonchev–Trinajstić information content (AvgIpc) is 2.83. The van der Waals surface area contributed by atoms with Gasteiger partial charge in [-0.3, -0.25) is 4.79 Å². The summed E-state index contributed by atoms with van der Waals surface area (Å²) in [5, 5.41) is 11.4. The third-order valence-electron chi connectivity index (χ3n) is 4.39. The molecule has 1 aromatic heterocycles. The molecule has 1 saturated carbocycles. The summed E-state index contributed by atoms with van der Waals surface area (Å²) >= 11 is 0. The number of aryl methyl sites for hydroxylation is 2. The molecule has 5 nitrogen and oxygen atoms in total. The maximum absolute atomic E-state index is 12.2. The lowest BCUT2D eigenvalue weighted by Crippen LogP contribution is -2.38. The minimum absolute atomic E-state index is 0.0342. The Hall–Kier alpha value is -1.91. The van der Waals surface area contributed by atoms with Gasteiger partial charge in [-0.1, -0.05) is 24.5 Å². The zero-order valence-electron chi connectivity index (χ0n) is 12.7. The summed E-state index contributed by atoms with van der Waals surface area (Å²) in [5.41, 5.74) is 4.17. The van der Waals surface area contributed by atoms with Gasteiger partial charge in [0.05, 0.1) is 5.52 Å². The molecule has 1 heterocycles. The first-order chi connectivity index (χ1) is 10.1.